The summed E-state index contributed by atoms with van der Waals surface area (Å²) in [6.07, 6.45) is 5.37. The molecule has 110 valence electrons. The van der Waals surface area contributed by atoms with Crippen LogP contribution >= 0.6 is 0 Å². The first-order chi connectivity index (χ1) is 9.52. The Bertz CT molecular complexity index is 380. The Balaban J connectivity index is 3.86. The van der Waals surface area contributed by atoms with Gasteiger partial charge in [0.2, 0.25) is 12.2 Å². The normalized spacial score (nSPS) is 12.6. The van der Waals surface area contributed by atoms with Crippen molar-refractivity contribution in [1.82, 2.24) is 0 Å². The number of rotatable bonds is 11. The van der Waals surface area contributed by atoms with Crippen molar-refractivity contribution in [3.63, 3.8) is 0 Å². The molecule has 0 aromatic carbocycles. The third-order valence-corrected chi connectivity index (χ3v) is 2.69. The van der Waals surface area contributed by atoms with Crippen molar-refractivity contribution in [2.24, 2.45) is 9.98 Å². The van der Waals surface area contributed by atoms with Crippen LogP contribution in [0.3, 0.4) is 0 Å². The van der Waals surface area contributed by atoms with Gasteiger partial charge in [0, 0.05) is 0 Å². The number of carboxylic acids is 2. The number of hydrogen-bond acceptors (Lipinski definition) is 6. The highest BCUT2D eigenvalue weighted by atomic mass is 16.4. The standard InChI is InChI=1S/C12H16N2O6/c15-7-13-9(11(17)18)5-3-1-2-4-6-10(12(19)20)14-8-16/h9-10H,1-6H2,(H,17,18)(H,19,20). The van der Waals surface area contributed by atoms with Gasteiger partial charge >= 0.3 is 11.9 Å². The largest absolute Gasteiger partial charge is 0.480 e. The molecule has 0 aliphatic rings. The van der Waals surface area contributed by atoms with Crippen LogP contribution in [0.4, 0.5) is 0 Å². The molecule has 0 bridgehead atoms. The average Bonchev–Trinajstić information content (AvgIpc) is 2.39. The molecule has 0 heterocycles. The number of carbonyl (C=O) groups excluding carboxylic acids is 2. The number of carbonyl (C=O) groups is 2. The lowest BCUT2D eigenvalue weighted by molar-refractivity contribution is -0.139. The molecule has 8 nitrogen and oxygen atoms in total. The van der Waals surface area contributed by atoms with Crippen molar-refractivity contribution >= 4 is 24.1 Å². The molecule has 0 saturated heterocycles. The highest BCUT2D eigenvalue weighted by molar-refractivity contribution is 5.75. The van der Waals surface area contributed by atoms with E-state index in [1.807, 2.05) is 0 Å². The van der Waals surface area contributed by atoms with E-state index < -0.39 is 24.0 Å². The molecule has 20 heavy (non-hydrogen) atoms. The molecule has 0 aromatic rings. The molecule has 0 spiro atoms. The quantitative estimate of drug-likeness (QED) is 0.329. The Morgan fingerprint density at radius 1 is 0.800 bits per heavy atom. The Morgan fingerprint density at radius 2 is 1.15 bits per heavy atom. The van der Waals surface area contributed by atoms with Gasteiger partial charge in [-0.05, 0) is 12.8 Å². The van der Waals surface area contributed by atoms with E-state index in [0.717, 1.165) is 0 Å². The summed E-state index contributed by atoms with van der Waals surface area (Å²) in [7, 11) is 0. The molecule has 0 rings (SSSR count). The topological polar surface area (TPSA) is 133 Å². The predicted octanol–water partition coefficient (Wildman–Crippen LogP) is 0.905. The van der Waals surface area contributed by atoms with Crippen LogP contribution in [-0.4, -0.2) is 46.4 Å². The van der Waals surface area contributed by atoms with Gasteiger partial charge in [-0.2, -0.15) is 9.98 Å². The van der Waals surface area contributed by atoms with Gasteiger partial charge in [0.15, 0.2) is 12.1 Å². The highest BCUT2D eigenvalue weighted by Gasteiger charge is 2.16. The smallest absolute Gasteiger partial charge is 0.329 e. The molecule has 0 aliphatic heterocycles. The number of isocyanates is 2. The lowest BCUT2D eigenvalue weighted by Crippen LogP contribution is -2.18. The zero-order chi connectivity index (χ0) is 15.4. The summed E-state index contributed by atoms with van der Waals surface area (Å²) in [5.41, 5.74) is 0. The van der Waals surface area contributed by atoms with Crippen LogP contribution in [0.25, 0.3) is 0 Å². The van der Waals surface area contributed by atoms with Crippen LogP contribution in [-0.2, 0) is 19.2 Å². The van der Waals surface area contributed by atoms with Gasteiger partial charge in [-0.25, -0.2) is 19.2 Å². The minimum atomic E-state index is -1.17. The number of nitrogens with zero attached hydrogens (tertiary/aromatic N) is 2. The van der Waals surface area contributed by atoms with Gasteiger partial charge in [0.25, 0.3) is 0 Å². The zero-order valence-corrected chi connectivity index (χ0v) is 10.8. The van der Waals surface area contributed by atoms with Gasteiger partial charge < -0.3 is 10.2 Å². The molecule has 0 aromatic heterocycles. The molecule has 0 amide bonds. The molecule has 0 saturated carbocycles. The van der Waals surface area contributed by atoms with Crippen LogP contribution in [0.1, 0.15) is 38.5 Å². The fraction of sp³-hybridized carbons (Fsp3) is 0.667. The number of unbranched alkanes of at least 4 members (excludes halogenated alkanes) is 3. The average molecular weight is 284 g/mol. The Kier molecular flexibility index (Phi) is 9.39. The molecule has 2 atom stereocenters. The number of carboxylic acid groups (broad SMARTS) is 2. The summed E-state index contributed by atoms with van der Waals surface area (Å²) in [5.74, 6) is -2.33. The van der Waals surface area contributed by atoms with Crippen LogP contribution in [0.15, 0.2) is 9.98 Å². The second-order valence-electron chi connectivity index (χ2n) is 4.14. The first-order valence-electron chi connectivity index (χ1n) is 6.12. The van der Waals surface area contributed by atoms with E-state index in [-0.39, 0.29) is 12.8 Å². The lowest BCUT2D eigenvalue weighted by Gasteiger charge is -2.06. The summed E-state index contributed by atoms with van der Waals surface area (Å²) in [4.78, 5) is 47.7. The monoisotopic (exact) mass is 284 g/mol. The summed E-state index contributed by atoms with van der Waals surface area (Å²) in [5, 5.41) is 17.4. The molecule has 2 N–H and O–H groups in total. The van der Waals surface area contributed by atoms with Crippen molar-refractivity contribution in [1.29, 1.82) is 0 Å². The summed E-state index contributed by atoms with van der Waals surface area (Å²) >= 11 is 0. The molecule has 0 aliphatic carbocycles. The molecular formula is C12H16N2O6. The third kappa shape index (κ3) is 7.92. The van der Waals surface area contributed by atoms with Crippen molar-refractivity contribution in [3.05, 3.63) is 0 Å². The SMILES string of the molecule is O=C=NC(CCCCCCC(N=C=O)C(=O)O)C(=O)O. The Hall–Kier alpha value is -2.30. The van der Waals surface area contributed by atoms with Crippen molar-refractivity contribution in [3.8, 4) is 0 Å². The molecule has 2 unspecified atom stereocenters. The summed E-state index contributed by atoms with van der Waals surface area (Å²) in [6.45, 7) is 0. The molecule has 8 heteroatoms. The first-order valence-corrected chi connectivity index (χ1v) is 6.12. The predicted molar refractivity (Wildman–Crippen MR) is 66.8 cm³/mol. The maximum absolute atomic E-state index is 10.7. The fourth-order valence-electron chi connectivity index (χ4n) is 1.64. The van der Waals surface area contributed by atoms with E-state index in [4.69, 9.17) is 10.2 Å². The number of hydrogen-bond donors (Lipinski definition) is 2. The van der Waals surface area contributed by atoms with Crippen LogP contribution in [0.2, 0.25) is 0 Å². The molecule has 0 fully saturated rings. The van der Waals surface area contributed by atoms with Gasteiger partial charge in [0.1, 0.15) is 0 Å². The maximum atomic E-state index is 10.7. The summed E-state index contributed by atoms with van der Waals surface area (Å²) in [6, 6.07) is -2.14. The Morgan fingerprint density at radius 3 is 1.40 bits per heavy atom. The van der Waals surface area contributed by atoms with Gasteiger partial charge in [-0.15, -0.1) is 0 Å². The van der Waals surface area contributed by atoms with E-state index in [1.54, 1.807) is 0 Å². The van der Waals surface area contributed by atoms with Crippen LogP contribution in [0, 0.1) is 0 Å². The van der Waals surface area contributed by atoms with E-state index in [0.29, 0.717) is 25.7 Å². The second kappa shape index (κ2) is 10.6. The van der Waals surface area contributed by atoms with Gasteiger partial charge in [0.05, 0.1) is 0 Å². The van der Waals surface area contributed by atoms with Crippen LogP contribution in [0.5, 0.6) is 0 Å². The minimum Gasteiger partial charge on any atom is -0.480 e. The van der Waals surface area contributed by atoms with Crippen LogP contribution < -0.4 is 0 Å². The van der Waals surface area contributed by atoms with E-state index in [9.17, 15) is 19.2 Å². The van der Waals surface area contributed by atoms with Crippen molar-refractivity contribution in [2.45, 2.75) is 50.6 Å². The van der Waals surface area contributed by atoms with Crippen molar-refractivity contribution in [2.75, 3.05) is 0 Å². The summed E-state index contributed by atoms with van der Waals surface area (Å²) < 4.78 is 0. The zero-order valence-electron chi connectivity index (χ0n) is 10.8. The lowest BCUT2D eigenvalue weighted by atomic mass is 10.0. The highest BCUT2D eigenvalue weighted by Crippen LogP contribution is 2.12. The van der Waals surface area contributed by atoms with E-state index >= 15 is 0 Å². The molecule has 0 radical (unpaired) electrons. The maximum Gasteiger partial charge on any atom is 0.329 e. The number of aliphatic carboxylic acids is 2. The molecular weight excluding hydrogens is 268 g/mol. The van der Waals surface area contributed by atoms with Gasteiger partial charge in [-0.1, -0.05) is 25.7 Å². The number of aliphatic imine (C=N–C) groups is 2. The second-order valence-corrected chi connectivity index (χ2v) is 4.14. The minimum absolute atomic E-state index is 0.236. The third-order valence-electron chi connectivity index (χ3n) is 2.69. The van der Waals surface area contributed by atoms with Crippen molar-refractivity contribution < 1.29 is 29.4 Å². The first kappa shape index (κ1) is 17.7. The Labute approximate surface area is 115 Å². The van der Waals surface area contributed by atoms with Gasteiger partial charge in [-0.3, -0.25) is 0 Å². The van der Waals surface area contributed by atoms with E-state index in [2.05, 4.69) is 9.98 Å². The van der Waals surface area contributed by atoms with E-state index in [1.165, 1.54) is 12.2 Å². The fourth-order valence-corrected chi connectivity index (χ4v) is 1.64.